The van der Waals surface area contributed by atoms with E-state index in [1.807, 2.05) is 17.0 Å². The van der Waals surface area contributed by atoms with Crippen molar-refractivity contribution in [2.45, 2.75) is 13.5 Å². The monoisotopic (exact) mass is 315 g/mol. The van der Waals surface area contributed by atoms with E-state index in [4.69, 9.17) is 4.42 Å². The first kappa shape index (κ1) is 15.5. The predicted molar refractivity (Wildman–Crippen MR) is 86.1 cm³/mol. The summed E-state index contributed by atoms with van der Waals surface area (Å²) in [6, 6.07) is 5.41. The number of anilines is 1. The summed E-state index contributed by atoms with van der Waals surface area (Å²) in [5.74, 6) is 1.39. The normalized spacial score (nSPS) is 15.6. The topological polar surface area (TPSA) is 74.5 Å². The molecule has 7 nitrogen and oxygen atoms in total. The minimum Gasteiger partial charge on any atom is -0.467 e. The molecule has 3 heterocycles. The first-order chi connectivity index (χ1) is 11.3. The number of nitrogens with one attached hydrogen (secondary N) is 1. The Labute approximate surface area is 135 Å². The molecule has 0 saturated carbocycles. The molecule has 1 fully saturated rings. The van der Waals surface area contributed by atoms with Crippen molar-refractivity contribution in [1.29, 1.82) is 0 Å². The first-order valence-electron chi connectivity index (χ1n) is 7.86. The fourth-order valence-electron chi connectivity index (χ4n) is 2.59. The van der Waals surface area contributed by atoms with Crippen molar-refractivity contribution >= 4 is 11.7 Å². The molecule has 0 radical (unpaired) electrons. The number of hydrogen-bond donors (Lipinski definition) is 1. The van der Waals surface area contributed by atoms with Gasteiger partial charge in [0.1, 0.15) is 23.6 Å². The van der Waals surface area contributed by atoms with Crippen molar-refractivity contribution in [3.8, 4) is 0 Å². The standard InChI is InChI=1S/C16H21N5O2/c1-2-20-5-7-21(8-6-20)16(22)14-10-15(19-12-18-14)17-11-13-4-3-9-23-13/h3-4,9-10,12H,2,5-8,11H2,1H3,(H,17,18,19). The molecule has 3 rings (SSSR count). The number of aromatic nitrogens is 2. The largest absolute Gasteiger partial charge is 0.467 e. The Morgan fingerprint density at radius 2 is 2.13 bits per heavy atom. The Morgan fingerprint density at radius 1 is 1.30 bits per heavy atom. The predicted octanol–water partition coefficient (Wildman–Crippen LogP) is 1.46. The fourth-order valence-corrected chi connectivity index (χ4v) is 2.59. The third kappa shape index (κ3) is 3.87. The summed E-state index contributed by atoms with van der Waals surface area (Å²) in [5, 5.41) is 3.14. The van der Waals surface area contributed by atoms with Gasteiger partial charge in [-0.05, 0) is 18.7 Å². The molecular formula is C16H21N5O2. The molecule has 0 aromatic carbocycles. The maximum absolute atomic E-state index is 12.6. The molecule has 23 heavy (non-hydrogen) atoms. The van der Waals surface area contributed by atoms with Gasteiger partial charge in [0.2, 0.25) is 0 Å². The summed E-state index contributed by atoms with van der Waals surface area (Å²) in [6.07, 6.45) is 3.04. The number of amides is 1. The van der Waals surface area contributed by atoms with E-state index in [2.05, 4.69) is 27.1 Å². The summed E-state index contributed by atoms with van der Waals surface area (Å²) in [5.41, 5.74) is 0.423. The summed E-state index contributed by atoms with van der Waals surface area (Å²) in [4.78, 5) is 25.0. The lowest BCUT2D eigenvalue weighted by Gasteiger charge is -2.33. The zero-order valence-corrected chi connectivity index (χ0v) is 13.2. The number of furan rings is 1. The molecule has 0 atom stereocenters. The highest BCUT2D eigenvalue weighted by atomic mass is 16.3. The van der Waals surface area contributed by atoms with Crippen LogP contribution in [-0.4, -0.2) is 58.4 Å². The highest BCUT2D eigenvalue weighted by Crippen LogP contribution is 2.11. The van der Waals surface area contributed by atoms with Crippen molar-refractivity contribution in [2.24, 2.45) is 0 Å². The number of carbonyl (C=O) groups is 1. The van der Waals surface area contributed by atoms with Crippen molar-refractivity contribution in [3.63, 3.8) is 0 Å². The number of piperazine rings is 1. The SMILES string of the molecule is CCN1CCN(C(=O)c2cc(NCc3ccco3)ncn2)CC1. The Balaban J connectivity index is 1.61. The molecule has 0 unspecified atom stereocenters. The number of carbonyl (C=O) groups excluding carboxylic acids is 1. The number of nitrogens with zero attached hydrogens (tertiary/aromatic N) is 4. The molecule has 0 aliphatic carbocycles. The van der Waals surface area contributed by atoms with Crippen LogP contribution in [0.25, 0.3) is 0 Å². The lowest BCUT2D eigenvalue weighted by atomic mass is 10.2. The Bertz CT molecular complexity index is 636. The molecule has 7 heteroatoms. The van der Waals surface area contributed by atoms with Crippen molar-refractivity contribution < 1.29 is 9.21 Å². The minimum absolute atomic E-state index is 0.0378. The third-order valence-corrected chi connectivity index (χ3v) is 4.02. The lowest BCUT2D eigenvalue weighted by molar-refractivity contribution is 0.0637. The third-order valence-electron chi connectivity index (χ3n) is 4.02. The van der Waals surface area contributed by atoms with Crippen LogP contribution in [0.4, 0.5) is 5.82 Å². The first-order valence-corrected chi connectivity index (χ1v) is 7.86. The zero-order valence-electron chi connectivity index (χ0n) is 13.2. The van der Waals surface area contributed by atoms with Crippen LogP contribution in [0.1, 0.15) is 23.2 Å². The molecule has 0 bridgehead atoms. The second-order valence-electron chi connectivity index (χ2n) is 5.45. The van der Waals surface area contributed by atoms with E-state index in [0.717, 1.165) is 38.5 Å². The van der Waals surface area contributed by atoms with E-state index in [1.54, 1.807) is 12.3 Å². The molecule has 122 valence electrons. The van der Waals surface area contributed by atoms with Gasteiger partial charge in [-0.15, -0.1) is 0 Å². The van der Waals surface area contributed by atoms with Crippen LogP contribution >= 0.6 is 0 Å². The molecule has 1 aliphatic rings. The van der Waals surface area contributed by atoms with E-state index in [0.29, 0.717) is 18.1 Å². The smallest absolute Gasteiger partial charge is 0.272 e. The minimum atomic E-state index is -0.0378. The molecule has 1 N–H and O–H groups in total. The van der Waals surface area contributed by atoms with E-state index in [-0.39, 0.29) is 5.91 Å². The summed E-state index contributed by atoms with van der Waals surface area (Å²) < 4.78 is 5.26. The maximum Gasteiger partial charge on any atom is 0.272 e. The summed E-state index contributed by atoms with van der Waals surface area (Å²) in [7, 11) is 0. The van der Waals surface area contributed by atoms with Gasteiger partial charge in [-0.1, -0.05) is 6.92 Å². The summed E-state index contributed by atoms with van der Waals surface area (Å²) >= 11 is 0. The summed E-state index contributed by atoms with van der Waals surface area (Å²) in [6.45, 7) is 6.99. The van der Waals surface area contributed by atoms with Crippen LogP contribution in [0.3, 0.4) is 0 Å². The highest BCUT2D eigenvalue weighted by molar-refractivity contribution is 5.93. The van der Waals surface area contributed by atoms with Gasteiger partial charge in [-0.3, -0.25) is 4.79 Å². The van der Waals surface area contributed by atoms with Crippen molar-refractivity contribution in [2.75, 3.05) is 38.0 Å². The quantitative estimate of drug-likeness (QED) is 0.900. The van der Waals surface area contributed by atoms with Crippen molar-refractivity contribution in [3.05, 3.63) is 42.2 Å². The second kappa shape index (κ2) is 7.23. The maximum atomic E-state index is 12.6. The van der Waals surface area contributed by atoms with Crippen LogP contribution in [0, 0.1) is 0 Å². The van der Waals surface area contributed by atoms with Gasteiger partial charge >= 0.3 is 0 Å². The Morgan fingerprint density at radius 3 is 2.83 bits per heavy atom. The fraction of sp³-hybridized carbons (Fsp3) is 0.438. The van der Waals surface area contributed by atoms with Gasteiger partial charge in [-0.25, -0.2) is 9.97 Å². The number of likely N-dealkylation sites (N-methyl/N-ethyl adjacent to an activating group) is 1. The van der Waals surface area contributed by atoms with Crippen LogP contribution in [0.2, 0.25) is 0 Å². The Hall–Kier alpha value is -2.41. The molecule has 1 saturated heterocycles. The van der Waals surface area contributed by atoms with Crippen LogP contribution in [0.15, 0.2) is 35.2 Å². The van der Waals surface area contributed by atoms with E-state index < -0.39 is 0 Å². The van der Waals surface area contributed by atoms with Crippen LogP contribution < -0.4 is 5.32 Å². The molecule has 0 spiro atoms. The molecule has 2 aromatic rings. The van der Waals surface area contributed by atoms with E-state index in [9.17, 15) is 4.79 Å². The van der Waals surface area contributed by atoms with E-state index >= 15 is 0 Å². The molecule has 1 aliphatic heterocycles. The van der Waals surface area contributed by atoms with Crippen molar-refractivity contribution in [1.82, 2.24) is 19.8 Å². The van der Waals surface area contributed by atoms with Gasteiger partial charge < -0.3 is 19.5 Å². The average molecular weight is 315 g/mol. The second-order valence-corrected chi connectivity index (χ2v) is 5.45. The van der Waals surface area contributed by atoms with Crippen LogP contribution in [0.5, 0.6) is 0 Å². The van der Waals surface area contributed by atoms with Crippen LogP contribution in [-0.2, 0) is 6.54 Å². The zero-order chi connectivity index (χ0) is 16.1. The number of hydrogen-bond acceptors (Lipinski definition) is 6. The molecule has 1 amide bonds. The van der Waals surface area contributed by atoms with Gasteiger partial charge in [-0.2, -0.15) is 0 Å². The highest BCUT2D eigenvalue weighted by Gasteiger charge is 2.22. The van der Waals surface area contributed by atoms with Gasteiger partial charge in [0.15, 0.2) is 0 Å². The average Bonchev–Trinajstić information content (AvgIpc) is 3.13. The van der Waals surface area contributed by atoms with Gasteiger partial charge in [0.05, 0.1) is 12.8 Å². The molecular weight excluding hydrogens is 294 g/mol. The number of rotatable bonds is 5. The van der Waals surface area contributed by atoms with Gasteiger partial charge in [0, 0.05) is 32.2 Å². The Kier molecular flexibility index (Phi) is 4.87. The van der Waals surface area contributed by atoms with Gasteiger partial charge in [0.25, 0.3) is 5.91 Å². The molecule has 2 aromatic heterocycles. The lowest BCUT2D eigenvalue weighted by Crippen LogP contribution is -2.48. The van der Waals surface area contributed by atoms with E-state index in [1.165, 1.54) is 6.33 Å².